The van der Waals surface area contributed by atoms with E-state index in [1.54, 1.807) is 18.2 Å². The Labute approximate surface area is 111 Å². The van der Waals surface area contributed by atoms with E-state index in [0.717, 1.165) is 24.8 Å². The van der Waals surface area contributed by atoms with Crippen LogP contribution in [0.15, 0.2) is 35.9 Å². The number of aliphatic hydroxyl groups is 1. The fourth-order valence-corrected chi connectivity index (χ4v) is 2.30. The Morgan fingerprint density at radius 3 is 2.89 bits per heavy atom. The van der Waals surface area contributed by atoms with Gasteiger partial charge in [-0.2, -0.15) is 0 Å². The average molecular weight is 266 g/mol. The number of halogens is 1. The standard InChI is InChI=1S/C14H16ClNO2/c15-12-8-4-3-7-11(12)13(17)9-16-14(18)10-5-1-2-6-10/h3-5,7-8,13,17H,1-2,6,9H2,(H,16,18). The third-order valence-corrected chi connectivity index (χ3v) is 3.40. The Morgan fingerprint density at radius 1 is 1.44 bits per heavy atom. The van der Waals surface area contributed by atoms with Crippen molar-refractivity contribution in [3.8, 4) is 0 Å². The van der Waals surface area contributed by atoms with E-state index in [0.29, 0.717) is 10.6 Å². The zero-order chi connectivity index (χ0) is 13.0. The van der Waals surface area contributed by atoms with Crippen LogP contribution in [0.1, 0.15) is 30.9 Å². The summed E-state index contributed by atoms with van der Waals surface area (Å²) in [5.41, 5.74) is 1.46. The van der Waals surface area contributed by atoms with Crippen molar-refractivity contribution in [3.63, 3.8) is 0 Å². The summed E-state index contributed by atoms with van der Waals surface area (Å²) in [6.07, 6.45) is 4.02. The number of amides is 1. The highest BCUT2D eigenvalue weighted by Crippen LogP contribution is 2.22. The minimum absolute atomic E-state index is 0.0846. The lowest BCUT2D eigenvalue weighted by atomic mass is 10.1. The normalized spacial score (nSPS) is 16.2. The van der Waals surface area contributed by atoms with E-state index in [1.165, 1.54) is 0 Å². The van der Waals surface area contributed by atoms with Crippen LogP contribution in [0.5, 0.6) is 0 Å². The molecule has 1 unspecified atom stereocenters. The second kappa shape index (κ2) is 6.03. The number of aliphatic hydroxyl groups excluding tert-OH is 1. The van der Waals surface area contributed by atoms with E-state index in [1.807, 2.05) is 12.1 Å². The van der Waals surface area contributed by atoms with Gasteiger partial charge in [-0.25, -0.2) is 0 Å². The molecule has 4 heteroatoms. The second-order valence-corrected chi connectivity index (χ2v) is 4.78. The van der Waals surface area contributed by atoms with E-state index >= 15 is 0 Å². The highest BCUT2D eigenvalue weighted by atomic mass is 35.5. The lowest BCUT2D eigenvalue weighted by Crippen LogP contribution is -2.29. The first-order chi connectivity index (χ1) is 8.68. The molecular formula is C14H16ClNO2. The largest absolute Gasteiger partial charge is 0.387 e. The van der Waals surface area contributed by atoms with Crippen molar-refractivity contribution in [2.45, 2.75) is 25.4 Å². The molecule has 1 aliphatic carbocycles. The minimum Gasteiger partial charge on any atom is -0.387 e. The summed E-state index contributed by atoms with van der Waals surface area (Å²) in [5.74, 6) is -0.0846. The Balaban J connectivity index is 1.90. The first-order valence-corrected chi connectivity index (χ1v) is 6.46. The van der Waals surface area contributed by atoms with Crippen LogP contribution in [-0.2, 0) is 4.79 Å². The molecule has 18 heavy (non-hydrogen) atoms. The summed E-state index contributed by atoms with van der Waals surface area (Å²) in [4.78, 5) is 11.7. The van der Waals surface area contributed by atoms with Crippen LogP contribution in [0, 0.1) is 0 Å². The maximum atomic E-state index is 11.7. The molecule has 0 heterocycles. The molecule has 3 nitrogen and oxygen atoms in total. The third-order valence-electron chi connectivity index (χ3n) is 3.05. The molecule has 0 fully saturated rings. The Morgan fingerprint density at radius 2 is 2.22 bits per heavy atom. The highest BCUT2D eigenvalue weighted by molar-refractivity contribution is 6.31. The second-order valence-electron chi connectivity index (χ2n) is 4.37. The maximum absolute atomic E-state index is 11.7. The Bertz CT molecular complexity index is 471. The zero-order valence-corrected chi connectivity index (χ0v) is 10.8. The van der Waals surface area contributed by atoms with Crippen LogP contribution in [0.2, 0.25) is 5.02 Å². The molecule has 0 radical (unpaired) electrons. The first-order valence-electron chi connectivity index (χ1n) is 6.08. The van der Waals surface area contributed by atoms with Gasteiger partial charge in [0.15, 0.2) is 0 Å². The molecule has 2 rings (SSSR count). The van der Waals surface area contributed by atoms with Crippen LogP contribution in [0.25, 0.3) is 0 Å². The van der Waals surface area contributed by atoms with Crippen molar-refractivity contribution in [2.24, 2.45) is 0 Å². The number of hydrogen-bond donors (Lipinski definition) is 2. The molecule has 96 valence electrons. The average Bonchev–Trinajstić information content (AvgIpc) is 2.90. The lowest BCUT2D eigenvalue weighted by molar-refractivity contribution is -0.118. The summed E-state index contributed by atoms with van der Waals surface area (Å²) in [7, 11) is 0. The van der Waals surface area contributed by atoms with Gasteiger partial charge in [0.1, 0.15) is 0 Å². The van der Waals surface area contributed by atoms with Crippen molar-refractivity contribution < 1.29 is 9.90 Å². The number of carbonyl (C=O) groups is 1. The molecule has 1 aromatic rings. The van der Waals surface area contributed by atoms with Crippen LogP contribution in [0.3, 0.4) is 0 Å². The molecule has 1 aromatic carbocycles. The van der Waals surface area contributed by atoms with E-state index in [-0.39, 0.29) is 12.5 Å². The van der Waals surface area contributed by atoms with Gasteiger partial charge in [0.2, 0.25) is 5.91 Å². The van der Waals surface area contributed by atoms with Gasteiger partial charge in [0.05, 0.1) is 6.10 Å². The Kier molecular flexibility index (Phi) is 4.39. The van der Waals surface area contributed by atoms with E-state index in [9.17, 15) is 9.90 Å². The fraction of sp³-hybridized carbons (Fsp3) is 0.357. The van der Waals surface area contributed by atoms with Gasteiger partial charge < -0.3 is 10.4 Å². The van der Waals surface area contributed by atoms with E-state index in [2.05, 4.69) is 5.32 Å². The van der Waals surface area contributed by atoms with Crippen LogP contribution in [-0.4, -0.2) is 17.6 Å². The Hall–Kier alpha value is -1.32. The van der Waals surface area contributed by atoms with Gasteiger partial charge in [-0.3, -0.25) is 4.79 Å². The zero-order valence-electron chi connectivity index (χ0n) is 10.0. The summed E-state index contributed by atoms with van der Waals surface area (Å²) in [5, 5.41) is 13.2. The van der Waals surface area contributed by atoms with E-state index in [4.69, 9.17) is 11.6 Å². The third kappa shape index (κ3) is 3.12. The van der Waals surface area contributed by atoms with Gasteiger partial charge in [0.25, 0.3) is 0 Å². The molecule has 1 amide bonds. The van der Waals surface area contributed by atoms with Crippen molar-refractivity contribution >= 4 is 17.5 Å². The SMILES string of the molecule is O=C(NCC(O)c1ccccc1Cl)C1=CCCC1. The maximum Gasteiger partial charge on any atom is 0.246 e. The topological polar surface area (TPSA) is 49.3 Å². The van der Waals surface area contributed by atoms with Crippen LogP contribution in [0.4, 0.5) is 0 Å². The summed E-state index contributed by atoms with van der Waals surface area (Å²) < 4.78 is 0. The molecule has 0 aromatic heterocycles. The van der Waals surface area contributed by atoms with Gasteiger partial charge in [-0.05, 0) is 25.3 Å². The number of carbonyl (C=O) groups excluding carboxylic acids is 1. The number of rotatable bonds is 4. The fourth-order valence-electron chi connectivity index (χ4n) is 2.04. The molecule has 2 N–H and O–H groups in total. The molecular weight excluding hydrogens is 250 g/mol. The number of allylic oxidation sites excluding steroid dienone is 1. The number of nitrogens with one attached hydrogen (secondary N) is 1. The predicted molar refractivity (Wildman–Crippen MR) is 71.4 cm³/mol. The van der Waals surface area contributed by atoms with Crippen LogP contribution >= 0.6 is 11.6 Å². The van der Waals surface area contributed by atoms with Crippen LogP contribution < -0.4 is 5.32 Å². The molecule has 0 saturated carbocycles. The van der Waals surface area contributed by atoms with Crippen molar-refractivity contribution in [3.05, 3.63) is 46.5 Å². The summed E-state index contributed by atoms with van der Waals surface area (Å²) in [6, 6.07) is 7.10. The first kappa shape index (κ1) is 13.1. The van der Waals surface area contributed by atoms with Crippen molar-refractivity contribution in [2.75, 3.05) is 6.54 Å². The molecule has 0 spiro atoms. The van der Waals surface area contributed by atoms with Crippen molar-refractivity contribution in [1.82, 2.24) is 5.32 Å². The minimum atomic E-state index is -0.773. The molecule has 1 atom stereocenters. The van der Waals surface area contributed by atoms with Gasteiger partial charge in [-0.15, -0.1) is 0 Å². The summed E-state index contributed by atoms with van der Waals surface area (Å²) in [6.45, 7) is 0.180. The molecule has 0 aliphatic heterocycles. The summed E-state index contributed by atoms with van der Waals surface area (Å²) >= 11 is 5.98. The molecule has 1 aliphatic rings. The van der Waals surface area contributed by atoms with Gasteiger partial charge >= 0.3 is 0 Å². The number of benzene rings is 1. The molecule has 0 saturated heterocycles. The van der Waals surface area contributed by atoms with Crippen molar-refractivity contribution in [1.29, 1.82) is 0 Å². The smallest absolute Gasteiger partial charge is 0.246 e. The predicted octanol–water partition coefficient (Wildman–Crippen LogP) is 2.60. The van der Waals surface area contributed by atoms with Gasteiger partial charge in [-0.1, -0.05) is 35.9 Å². The number of hydrogen-bond acceptors (Lipinski definition) is 2. The highest BCUT2D eigenvalue weighted by Gasteiger charge is 2.16. The monoisotopic (exact) mass is 265 g/mol. The lowest BCUT2D eigenvalue weighted by Gasteiger charge is -2.13. The molecule has 0 bridgehead atoms. The van der Waals surface area contributed by atoms with Gasteiger partial charge in [0, 0.05) is 22.7 Å². The quantitative estimate of drug-likeness (QED) is 0.879. The van der Waals surface area contributed by atoms with E-state index < -0.39 is 6.10 Å².